The van der Waals surface area contributed by atoms with Gasteiger partial charge < -0.3 is 0 Å². The SMILES string of the molecule is CC(C)(C)C12P(CCc3ccccc3)P3C4(C(C)(C)C)P(CCc5ccccc5)P1C1(C(C)(C)C)P2C3(C(C)(C)C)P41. The van der Waals surface area contributed by atoms with Gasteiger partial charge in [-0.2, -0.15) is 0 Å². The van der Waals surface area contributed by atoms with Crippen molar-refractivity contribution in [1.29, 1.82) is 0 Å². The molecule has 5 fully saturated rings. The summed E-state index contributed by atoms with van der Waals surface area (Å²) >= 11 is 0. The van der Waals surface area contributed by atoms with E-state index in [9.17, 15) is 0 Å². The average molecular weight is 673 g/mol. The third kappa shape index (κ3) is 3.21. The van der Waals surface area contributed by atoms with Gasteiger partial charge in [0.25, 0.3) is 0 Å². The molecule has 5 aliphatic rings. The van der Waals surface area contributed by atoms with E-state index in [4.69, 9.17) is 0 Å². The van der Waals surface area contributed by atoms with Crippen LogP contribution >= 0.6 is 46.3 Å². The average Bonchev–Trinajstić information content (AvgIpc) is 3.06. The van der Waals surface area contributed by atoms with Crippen molar-refractivity contribution in [3.63, 3.8) is 0 Å². The molecule has 0 nitrogen and oxygen atoms in total. The maximum Gasteiger partial charge on any atom is 0.0465 e. The van der Waals surface area contributed by atoms with Gasteiger partial charge in [-0.3, -0.25) is 0 Å². The second kappa shape index (κ2) is 9.34. The van der Waals surface area contributed by atoms with Gasteiger partial charge in [-0.15, -0.1) is 0 Å². The van der Waals surface area contributed by atoms with Gasteiger partial charge in [0.2, 0.25) is 0 Å². The quantitative estimate of drug-likeness (QED) is 0.268. The van der Waals surface area contributed by atoms with Crippen LogP contribution in [0.5, 0.6) is 0 Å². The van der Waals surface area contributed by atoms with Crippen molar-refractivity contribution in [3.05, 3.63) is 71.8 Å². The number of hydrogen-bond donors (Lipinski definition) is 0. The molecule has 6 heteroatoms. The molecule has 7 rings (SSSR count). The lowest BCUT2D eigenvalue weighted by molar-refractivity contribution is 0.322. The Hall–Kier alpha value is 1.02. The van der Waals surface area contributed by atoms with E-state index in [2.05, 4.69) is 144 Å². The fourth-order valence-electron chi connectivity index (χ4n) is 10.1. The Morgan fingerprint density at radius 2 is 0.714 bits per heavy atom. The third-order valence-corrected chi connectivity index (χ3v) is 59.1. The summed E-state index contributed by atoms with van der Waals surface area (Å²) in [6.07, 6.45) is 5.67. The van der Waals surface area contributed by atoms with Crippen LogP contribution in [0.15, 0.2) is 60.7 Å². The summed E-state index contributed by atoms with van der Waals surface area (Å²) in [4.78, 5) is 0. The van der Waals surface area contributed by atoms with Crippen LogP contribution in [0.3, 0.4) is 0 Å². The van der Waals surface area contributed by atoms with Crippen molar-refractivity contribution in [2.75, 3.05) is 12.3 Å². The van der Waals surface area contributed by atoms with Crippen molar-refractivity contribution >= 4 is 46.3 Å². The van der Waals surface area contributed by atoms with E-state index in [-0.39, 0.29) is 46.3 Å². The molecule has 5 aliphatic heterocycles. The van der Waals surface area contributed by atoms with Crippen LogP contribution in [0.2, 0.25) is 0 Å². The van der Waals surface area contributed by atoms with Crippen molar-refractivity contribution in [3.8, 4) is 0 Å². The summed E-state index contributed by atoms with van der Waals surface area (Å²) < 4.78 is 2.85. The molecule has 42 heavy (non-hydrogen) atoms. The molecule has 5 heterocycles. The first-order valence-electron chi connectivity index (χ1n) is 16.2. The minimum absolute atomic E-state index is 0.0212. The van der Waals surface area contributed by atoms with Gasteiger partial charge in [-0.1, -0.05) is 175 Å². The topological polar surface area (TPSA) is 0 Å². The molecular formula is C36H54P6. The minimum atomic E-state index is 0.0212. The lowest BCUT2D eigenvalue weighted by Crippen LogP contribution is -2.72. The van der Waals surface area contributed by atoms with Crippen LogP contribution in [0.25, 0.3) is 0 Å². The van der Waals surface area contributed by atoms with Crippen LogP contribution in [-0.4, -0.2) is 30.9 Å². The van der Waals surface area contributed by atoms with Gasteiger partial charge in [-0.05, 0) is 73.2 Å². The molecule has 6 atom stereocenters. The molecule has 0 radical (unpaired) electrons. The van der Waals surface area contributed by atoms with Crippen LogP contribution in [0, 0.1) is 21.7 Å². The van der Waals surface area contributed by atoms with Gasteiger partial charge in [0.1, 0.15) is 0 Å². The molecule has 0 aromatic heterocycles. The smallest absolute Gasteiger partial charge is 0.0465 e. The summed E-state index contributed by atoms with van der Waals surface area (Å²) in [6, 6.07) is 23.2. The highest BCUT2D eigenvalue weighted by Gasteiger charge is 3.12. The van der Waals surface area contributed by atoms with E-state index in [1.54, 1.807) is 11.1 Å². The van der Waals surface area contributed by atoms with Gasteiger partial charge in [0, 0.05) is 18.6 Å². The zero-order valence-electron chi connectivity index (χ0n) is 28.3. The molecular weight excluding hydrogens is 618 g/mol. The molecule has 6 unspecified atom stereocenters. The Morgan fingerprint density at radius 1 is 0.429 bits per heavy atom. The Morgan fingerprint density at radius 3 is 0.976 bits per heavy atom. The molecule has 0 aliphatic carbocycles. The second-order valence-electron chi connectivity index (χ2n) is 17.6. The summed E-state index contributed by atoms with van der Waals surface area (Å²) in [6.45, 7) is 32.9. The Balaban J connectivity index is 1.46. The fourth-order valence-corrected chi connectivity index (χ4v) is 90.2. The first kappa shape index (κ1) is 31.6. The first-order valence-corrected chi connectivity index (χ1v) is 26.1. The minimum Gasteiger partial charge on any atom is -0.0622 e. The summed E-state index contributed by atoms with van der Waals surface area (Å²) in [5, 5.41) is 0. The van der Waals surface area contributed by atoms with Crippen molar-refractivity contribution < 1.29 is 0 Å². The number of rotatable bonds is 6. The first-order chi connectivity index (χ1) is 19.4. The summed E-state index contributed by atoms with van der Waals surface area (Å²) in [5.74, 6) is 0. The molecule has 5 saturated heterocycles. The molecule has 0 N–H and O–H groups in total. The highest BCUT2D eigenvalue weighted by Crippen LogP contribution is 3.49. The van der Waals surface area contributed by atoms with E-state index < -0.39 is 0 Å². The van der Waals surface area contributed by atoms with E-state index in [0.29, 0.717) is 30.9 Å². The molecule has 228 valence electrons. The lowest BCUT2D eigenvalue weighted by Gasteiger charge is -2.90. The molecule has 0 spiro atoms. The largest absolute Gasteiger partial charge is 0.0622 e. The molecule has 0 bridgehead atoms. The van der Waals surface area contributed by atoms with E-state index in [1.165, 1.54) is 25.2 Å². The number of benzene rings is 2. The van der Waals surface area contributed by atoms with E-state index in [0.717, 1.165) is 9.28 Å². The van der Waals surface area contributed by atoms with Crippen LogP contribution in [-0.2, 0) is 12.8 Å². The van der Waals surface area contributed by atoms with E-state index >= 15 is 0 Å². The molecule has 2 aromatic carbocycles. The standard InChI is InChI=1S/C36H54P6/c1-29(2,3)33-37(25-23-27-19-15-13-16-20-27)42-34(30(4,5)6)38(26-24-28-21-17-14-18-22-28)41(33)35(31(7,8)9)39(33)36(42,40(34)35)32(10,11)12/h13-22H,23-26H2,1-12H3. The van der Waals surface area contributed by atoms with Crippen LogP contribution in [0.1, 0.15) is 94.2 Å². The maximum atomic E-state index is 2.75. The van der Waals surface area contributed by atoms with Crippen molar-refractivity contribution in [1.82, 2.24) is 0 Å². The highest BCUT2D eigenvalue weighted by atomic mass is 32.1. The second-order valence-corrected chi connectivity index (χ2v) is 40.2. The molecule has 0 saturated carbocycles. The zero-order chi connectivity index (χ0) is 30.5. The summed E-state index contributed by atoms with van der Waals surface area (Å²) in [5.41, 5.74) is 4.95. The Kier molecular flexibility index (Phi) is 7.03. The normalized spacial score (nSPS) is 43.0. The Labute approximate surface area is 265 Å². The highest BCUT2D eigenvalue weighted by molar-refractivity contribution is 8.71. The van der Waals surface area contributed by atoms with Gasteiger partial charge >= 0.3 is 0 Å². The number of hydrogen-bond acceptors (Lipinski definition) is 0. The van der Waals surface area contributed by atoms with Crippen LogP contribution < -0.4 is 0 Å². The summed E-state index contributed by atoms with van der Waals surface area (Å²) in [7, 11) is 0.143. The Bertz CT molecular complexity index is 1260. The number of aryl methyl sites for hydroxylation is 2. The zero-order valence-corrected chi connectivity index (χ0v) is 33.7. The predicted octanol–water partition coefficient (Wildman–Crippen LogP) is 14.1. The third-order valence-electron chi connectivity index (χ3n) is 11.2. The van der Waals surface area contributed by atoms with E-state index in [1.807, 2.05) is 0 Å². The molecule has 0 amide bonds. The maximum absolute atomic E-state index is 2.75. The van der Waals surface area contributed by atoms with Gasteiger partial charge in [0.05, 0.1) is 0 Å². The van der Waals surface area contributed by atoms with Crippen LogP contribution in [0.4, 0.5) is 0 Å². The predicted molar refractivity (Wildman–Crippen MR) is 200 cm³/mol. The van der Waals surface area contributed by atoms with Crippen molar-refractivity contribution in [2.24, 2.45) is 21.7 Å². The fraction of sp³-hybridized carbons (Fsp3) is 0.667. The monoisotopic (exact) mass is 672 g/mol. The lowest BCUT2D eigenvalue weighted by atomic mass is 9.97. The molecule has 2 aromatic rings. The van der Waals surface area contributed by atoms with Crippen molar-refractivity contribution in [2.45, 2.75) is 114 Å². The van der Waals surface area contributed by atoms with Gasteiger partial charge in [-0.25, -0.2) is 0 Å². The number of fused-ring (bicyclic) bond motifs is 2. The van der Waals surface area contributed by atoms with Gasteiger partial charge in [0.15, 0.2) is 0 Å².